The lowest BCUT2D eigenvalue weighted by molar-refractivity contribution is 0.182. The molecule has 0 saturated heterocycles. The molecule has 3 aromatic rings. The van der Waals surface area contributed by atoms with Crippen LogP contribution in [0.2, 0.25) is 0 Å². The van der Waals surface area contributed by atoms with E-state index in [0.29, 0.717) is 19.8 Å². The molecule has 26 heavy (non-hydrogen) atoms. The molecule has 0 bridgehead atoms. The number of thiophene rings is 1. The summed E-state index contributed by atoms with van der Waals surface area (Å²) in [5.74, 6) is 0.904. The molecule has 0 N–H and O–H groups in total. The van der Waals surface area contributed by atoms with Gasteiger partial charge < -0.3 is 4.74 Å². The summed E-state index contributed by atoms with van der Waals surface area (Å²) in [4.78, 5) is 3.92. The Labute approximate surface area is 162 Å². The van der Waals surface area contributed by atoms with Gasteiger partial charge in [-0.15, -0.1) is 11.3 Å². The molecule has 2 aromatic heterocycles. The molecule has 1 aliphatic rings. The van der Waals surface area contributed by atoms with Gasteiger partial charge in [-0.05, 0) is 35.6 Å². The van der Waals surface area contributed by atoms with Crippen LogP contribution >= 0.6 is 23.6 Å². The van der Waals surface area contributed by atoms with Crippen LogP contribution in [0.4, 0.5) is 0 Å². The zero-order valence-corrected chi connectivity index (χ0v) is 16.4. The first-order valence-electron chi connectivity index (χ1n) is 8.76. The first-order chi connectivity index (χ1) is 12.8. The number of benzene rings is 1. The van der Waals surface area contributed by atoms with Crippen molar-refractivity contribution in [2.45, 2.75) is 26.2 Å². The number of hydrogen-bond donors (Lipinski definition) is 0. The minimum atomic E-state index is 0.613. The molecule has 0 aliphatic carbocycles. The Kier molecular flexibility index (Phi) is 5.31. The Morgan fingerprint density at radius 3 is 2.88 bits per heavy atom. The lowest BCUT2D eigenvalue weighted by atomic mass is 10.1. The molecule has 0 radical (unpaired) electrons. The molecule has 0 unspecified atom stereocenters. The highest BCUT2D eigenvalue weighted by Crippen LogP contribution is 2.25. The smallest absolute Gasteiger partial charge is 0.199 e. The molecule has 5 nitrogen and oxygen atoms in total. The van der Waals surface area contributed by atoms with E-state index in [4.69, 9.17) is 22.1 Å². The Hall–Kier alpha value is -1.80. The Balaban J connectivity index is 1.62. The normalized spacial score (nSPS) is 14.5. The third-order valence-electron chi connectivity index (χ3n) is 4.69. The van der Waals surface area contributed by atoms with Gasteiger partial charge in [0.1, 0.15) is 0 Å². The summed E-state index contributed by atoms with van der Waals surface area (Å²) in [5.41, 5.74) is 2.52. The van der Waals surface area contributed by atoms with Crippen molar-refractivity contribution in [1.29, 1.82) is 0 Å². The Morgan fingerprint density at radius 2 is 2.08 bits per heavy atom. The van der Waals surface area contributed by atoms with Gasteiger partial charge in [0.05, 0.1) is 19.8 Å². The van der Waals surface area contributed by atoms with Crippen LogP contribution in [0.15, 0.2) is 41.8 Å². The topological polar surface area (TPSA) is 35.2 Å². The Morgan fingerprint density at radius 1 is 1.23 bits per heavy atom. The Bertz CT molecular complexity index is 929. The number of aromatic nitrogens is 3. The van der Waals surface area contributed by atoms with E-state index in [1.54, 1.807) is 7.11 Å². The average Bonchev–Trinajstić information content (AvgIpc) is 3.26. The third-order valence-corrected chi connectivity index (χ3v) is 6.15. The van der Waals surface area contributed by atoms with Gasteiger partial charge in [-0.1, -0.05) is 30.3 Å². The molecule has 0 atom stereocenters. The average molecular weight is 387 g/mol. The maximum Gasteiger partial charge on any atom is 0.199 e. The van der Waals surface area contributed by atoms with Crippen LogP contribution in [0.1, 0.15) is 10.4 Å². The second-order valence-corrected chi connectivity index (χ2v) is 7.79. The molecule has 0 saturated carbocycles. The van der Waals surface area contributed by atoms with E-state index in [0.717, 1.165) is 35.7 Å². The summed E-state index contributed by atoms with van der Waals surface area (Å²) >= 11 is 7.60. The zero-order valence-electron chi connectivity index (χ0n) is 14.8. The van der Waals surface area contributed by atoms with Gasteiger partial charge in [-0.3, -0.25) is 9.47 Å². The van der Waals surface area contributed by atoms with Crippen LogP contribution in [0, 0.1) is 4.77 Å². The second-order valence-electron chi connectivity index (χ2n) is 6.43. The molecular formula is C19H22N4OS2. The van der Waals surface area contributed by atoms with Crippen molar-refractivity contribution < 1.29 is 4.74 Å². The van der Waals surface area contributed by atoms with Crippen LogP contribution in [-0.4, -0.2) is 39.5 Å². The van der Waals surface area contributed by atoms with Crippen LogP contribution in [-0.2, 0) is 30.9 Å². The predicted molar refractivity (Wildman–Crippen MR) is 107 cm³/mol. The highest BCUT2D eigenvalue weighted by atomic mass is 32.1. The maximum atomic E-state index is 5.74. The van der Waals surface area contributed by atoms with E-state index in [9.17, 15) is 0 Å². The first kappa shape index (κ1) is 17.6. The molecule has 4 rings (SSSR count). The summed E-state index contributed by atoms with van der Waals surface area (Å²) in [6.45, 7) is 4.04. The largest absolute Gasteiger partial charge is 0.383 e. The standard InChI is InChI=1S/C19H22N4OS2/c1-24-11-10-22-18(15-5-3-2-4-6-15)20-23(19(22)25)14-21-9-7-17-16(13-21)8-12-26-17/h2-6,8,12H,7,9-11,13-14H2,1H3. The second kappa shape index (κ2) is 7.84. The molecule has 1 aliphatic heterocycles. The van der Waals surface area contributed by atoms with Gasteiger partial charge in [-0.2, -0.15) is 5.10 Å². The van der Waals surface area contributed by atoms with Crippen LogP contribution in [0.25, 0.3) is 11.4 Å². The highest BCUT2D eigenvalue weighted by molar-refractivity contribution is 7.71. The molecule has 136 valence electrons. The van der Waals surface area contributed by atoms with E-state index < -0.39 is 0 Å². The first-order valence-corrected chi connectivity index (χ1v) is 10.0. The molecular weight excluding hydrogens is 364 g/mol. The lowest BCUT2D eigenvalue weighted by Gasteiger charge is -2.26. The molecule has 0 amide bonds. The molecule has 0 fully saturated rings. The summed E-state index contributed by atoms with van der Waals surface area (Å²) in [5, 5.41) is 7.04. The minimum Gasteiger partial charge on any atom is -0.383 e. The summed E-state index contributed by atoms with van der Waals surface area (Å²) in [7, 11) is 1.71. The third kappa shape index (κ3) is 3.53. The maximum absolute atomic E-state index is 5.74. The summed E-state index contributed by atoms with van der Waals surface area (Å²) in [6, 6.07) is 12.5. The van der Waals surface area contributed by atoms with Crippen molar-refractivity contribution in [2.24, 2.45) is 0 Å². The van der Waals surface area contributed by atoms with Crippen molar-refractivity contribution >= 4 is 23.6 Å². The van der Waals surface area contributed by atoms with Crippen LogP contribution < -0.4 is 0 Å². The van der Waals surface area contributed by atoms with Crippen molar-refractivity contribution in [3.8, 4) is 11.4 Å². The molecule has 3 heterocycles. The fourth-order valence-corrected chi connectivity index (χ4v) is 4.50. The molecule has 7 heteroatoms. The van der Waals surface area contributed by atoms with E-state index >= 15 is 0 Å². The van der Waals surface area contributed by atoms with Crippen molar-refractivity contribution in [1.82, 2.24) is 19.2 Å². The number of nitrogens with zero attached hydrogens (tertiary/aromatic N) is 4. The highest BCUT2D eigenvalue weighted by Gasteiger charge is 2.19. The van der Waals surface area contributed by atoms with Crippen LogP contribution in [0.5, 0.6) is 0 Å². The zero-order chi connectivity index (χ0) is 17.9. The van der Waals surface area contributed by atoms with Gasteiger partial charge in [0.15, 0.2) is 10.6 Å². The molecule has 0 spiro atoms. The van der Waals surface area contributed by atoms with Gasteiger partial charge >= 0.3 is 0 Å². The number of rotatable bonds is 6. The number of fused-ring (bicyclic) bond motifs is 1. The lowest BCUT2D eigenvalue weighted by Crippen LogP contribution is -2.32. The fourth-order valence-electron chi connectivity index (χ4n) is 3.34. The van der Waals surface area contributed by atoms with Gasteiger partial charge in [0.25, 0.3) is 0 Å². The SMILES string of the molecule is COCCn1c(-c2ccccc2)nn(CN2CCc3sccc3C2)c1=S. The van der Waals surface area contributed by atoms with Crippen molar-refractivity contribution in [3.63, 3.8) is 0 Å². The van der Waals surface area contributed by atoms with Crippen LogP contribution in [0.3, 0.4) is 0 Å². The van der Waals surface area contributed by atoms with Crippen molar-refractivity contribution in [3.05, 3.63) is 57.0 Å². The quantitative estimate of drug-likeness (QED) is 0.604. The monoisotopic (exact) mass is 386 g/mol. The number of hydrogen-bond acceptors (Lipinski definition) is 5. The van der Waals surface area contributed by atoms with Gasteiger partial charge in [-0.25, -0.2) is 4.68 Å². The minimum absolute atomic E-state index is 0.613. The predicted octanol–water partition coefficient (Wildman–Crippen LogP) is 3.80. The summed E-state index contributed by atoms with van der Waals surface area (Å²) in [6.07, 6.45) is 1.11. The van der Waals surface area contributed by atoms with E-state index in [1.807, 2.05) is 34.2 Å². The number of ether oxygens (including phenoxy) is 1. The fraction of sp³-hybridized carbons (Fsp3) is 0.368. The number of methoxy groups -OCH3 is 1. The van der Waals surface area contributed by atoms with E-state index in [2.05, 4.69) is 33.0 Å². The van der Waals surface area contributed by atoms with E-state index in [-0.39, 0.29) is 0 Å². The molecule has 1 aromatic carbocycles. The van der Waals surface area contributed by atoms with Crippen molar-refractivity contribution in [2.75, 3.05) is 20.3 Å². The van der Waals surface area contributed by atoms with Gasteiger partial charge in [0.2, 0.25) is 0 Å². The van der Waals surface area contributed by atoms with Gasteiger partial charge in [0, 0.05) is 30.6 Å². The van der Waals surface area contributed by atoms with E-state index in [1.165, 1.54) is 10.4 Å². The summed E-state index contributed by atoms with van der Waals surface area (Å²) < 4.78 is 10.0.